The zero-order chi connectivity index (χ0) is 11.7. The largest absolute Gasteiger partial charge is 0.324 e. The summed E-state index contributed by atoms with van der Waals surface area (Å²) in [6.07, 6.45) is 1.54. The molecule has 1 fully saturated rings. The van der Waals surface area contributed by atoms with E-state index in [1.807, 2.05) is 13.8 Å². The summed E-state index contributed by atoms with van der Waals surface area (Å²) in [5.74, 6) is 0. The van der Waals surface area contributed by atoms with Crippen LogP contribution in [0.2, 0.25) is 0 Å². The molecule has 6 heteroatoms. The van der Waals surface area contributed by atoms with Crippen LogP contribution in [-0.2, 0) is 10.0 Å². The second-order valence-electron chi connectivity index (χ2n) is 5.08. The molecule has 0 amide bonds. The van der Waals surface area contributed by atoms with Gasteiger partial charge in [-0.15, -0.1) is 0 Å². The van der Waals surface area contributed by atoms with E-state index >= 15 is 0 Å². The topological polar surface area (TPSA) is 89.4 Å². The molecule has 1 aliphatic rings. The lowest BCUT2D eigenvalue weighted by atomic mass is 10.0. The fourth-order valence-electron chi connectivity index (χ4n) is 2.00. The van der Waals surface area contributed by atoms with Gasteiger partial charge in [-0.3, -0.25) is 0 Å². The first-order valence-corrected chi connectivity index (χ1v) is 6.82. The quantitative estimate of drug-likeness (QED) is 0.688. The van der Waals surface area contributed by atoms with Gasteiger partial charge in [0.15, 0.2) is 0 Å². The van der Waals surface area contributed by atoms with Gasteiger partial charge >= 0.3 is 0 Å². The second-order valence-corrected chi connectivity index (χ2v) is 6.92. The maximum Gasteiger partial charge on any atom is 0.213 e. The summed E-state index contributed by atoms with van der Waals surface area (Å²) in [6, 6.07) is 0. The van der Waals surface area contributed by atoms with Crippen molar-refractivity contribution in [3.63, 3.8) is 0 Å². The van der Waals surface area contributed by atoms with Crippen LogP contribution in [0.1, 0.15) is 26.7 Å². The molecule has 1 atom stereocenters. The molecular weight excluding hydrogens is 214 g/mol. The van der Waals surface area contributed by atoms with Crippen molar-refractivity contribution in [3.8, 4) is 0 Å². The smallest absolute Gasteiger partial charge is 0.213 e. The van der Waals surface area contributed by atoms with Gasteiger partial charge in [0.05, 0.1) is 5.25 Å². The van der Waals surface area contributed by atoms with Crippen LogP contribution >= 0.6 is 0 Å². The van der Waals surface area contributed by atoms with Crippen LogP contribution in [0, 0.1) is 0 Å². The van der Waals surface area contributed by atoms with Crippen LogP contribution in [-0.4, -0.2) is 43.7 Å². The Balaban J connectivity index is 2.57. The lowest BCUT2D eigenvalue weighted by Gasteiger charge is -2.35. The van der Waals surface area contributed by atoms with Gasteiger partial charge < -0.3 is 10.6 Å². The lowest BCUT2D eigenvalue weighted by Crippen LogP contribution is -2.51. The van der Waals surface area contributed by atoms with Crippen LogP contribution in [0.3, 0.4) is 0 Å². The number of rotatable bonds is 3. The molecule has 1 rings (SSSR count). The molecule has 1 aliphatic heterocycles. The summed E-state index contributed by atoms with van der Waals surface area (Å²) >= 11 is 0. The predicted octanol–water partition coefficient (Wildman–Crippen LogP) is -0.523. The minimum Gasteiger partial charge on any atom is -0.324 e. The standard InChI is InChI=1S/C9H21N3O2S/c1-9(2,10)7-12-5-3-4-8(6-12)15(11,13)14/h8H,3-7,10H2,1-2H3,(H2,11,13,14). The molecule has 0 aromatic heterocycles. The molecule has 0 radical (unpaired) electrons. The van der Waals surface area contributed by atoms with Gasteiger partial charge in [-0.2, -0.15) is 0 Å². The minimum absolute atomic E-state index is 0.291. The molecule has 90 valence electrons. The normalized spacial score (nSPS) is 25.5. The van der Waals surface area contributed by atoms with Crippen molar-refractivity contribution in [1.82, 2.24) is 4.90 Å². The highest BCUT2D eigenvalue weighted by Crippen LogP contribution is 2.16. The number of sulfonamides is 1. The van der Waals surface area contributed by atoms with E-state index in [1.54, 1.807) is 0 Å². The first-order chi connectivity index (χ1) is 6.68. The number of likely N-dealkylation sites (tertiary alicyclic amines) is 1. The van der Waals surface area contributed by atoms with Gasteiger partial charge in [0.25, 0.3) is 0 Å². The Morgan fingerprint density at radius 2 is 2.07 bits per heavy atom. The van der Waals surface area contributed by atoms with Gasteiger partial charge in [-0.25, -0.2) is 13.6 Å². The zero-order valence-corrected chi connectivity index (χ0v) is 10.3. The maximum atomic E-state index is 11.2. The molecule has 0 aromatic carbocycles. The predicted molar refractivity (Wildman–Crippen MR) is 60.8 cm³/mol. The Hall–Kier alpha value is -0.170. The first kappa shape index (κ1) is 12.9. The van der Waals surface area contributed by atoms with E-state index in [0.29, 0.717) is 19.5 Å². The summed E-state index contributed by atoms with van der Waals surface area (Å²) in [7, 11) is -3.40. The van der Waals surface area contributed by atoms with Crippen molar-refractivity contribution < 1.29 is 8.42 Å². The first-order valence-electron chi connectivity index (χ1n) is 5.21. The Morgan fingerprint density at radius 3 is 2.53 bits per heavy atom. The van der Waals surface area contributed by atoms with E-state index in [0.717, 1.165) is 13.0 Å². The van der Waals surface area contributed by atoms with Crippen LogP contribution in [0.15, 0.2) is 0 Å². The van der Waals surface area contributed by atoms with E-state index in [-0.39, 0.29) is 5.54 Å². The summed E-state index contributed by atoms with van der Waals surface area (Å²) in [5.41, 5.74) is 5.61. The van der Waals surface area contributed by atoms with Crippen LogP contribution in [0.25, 0.3) is 0 Å². The second kappa shape index (κ2) is 4.37. The summed E-state index contributed by atoms with van der Waals surface area (Å²) < 4.78 is 22.4. The van der Waals surface area contributed by atoms with E-state index in [2.05, 4.69) is 4.90 Å². The zero-order valence-electron chi connectivity index (χ0n) is 9.44. The number of piperidine rings is 1. The number of hydrogen-bond donors (Lipinski definition) is 2. The Morgan fingerprint density at radius 1 is 1.47 bits per heavy atom. The Kier molecular flexibility index (Phi) is 3.76. The van der Waals surface area contributed by atoms with Gasteiger partial charge in [0, 0.05) is 18.6 Å². The van der Waals surface area contributed by atoms with Gasteiger partial charge in [-0.1, -0.05) is 0 Å². The average molecular weight is 235 g/mol. The Bertz CT molecular complexity index is 308. The third-order valence-corrected chi connectivity index (χ3v) is 3.87. The van der Waals surface area contributed by atoms with E-state index in [1.165, 1.54) is 0 Å². The van der Waals surface area contributed by atoms with Gasteiger partial charge in [-0.05, 0) is 33.2 Å². The number of nitrogens with two attached hydrogens (primary N) is 2. The molecule has 15 heavy (non-hydrogen) atoms. The Labute approximate surface area is 91.9 Å². The summed E-state index contributed by atoms with van der Waals surface area (Å²) in [6.45, 7) is 6.01. The van der Waals surface area contributed by atoms with E-state index < -0.39 is 15.3 Å². The van der Waals surface area contributed by atoms with Crippen molar-refractivity contribution >= 4 is 10.0 Å². The van der Waals surface area contributed by atoms with Crippen molar-refractivity contribution in [2.24, 2.45) is 10.9 Å². The fraction of sp³-hybridized carbons (Fsp3) is 1.00. The minimum atomic E-state index is -3.40. The van der Waals surface area contributed by atoms with Gasteiger partial charge in [0.1, 0.15) is 0 Å². The molecule has 1 heterocycles. The van der Waals surface area contributed by atoms with Gasteiger partial charge in [0.2, 0.25) is 10.0 Å². The molecule has 4 N–H and O–H groups in total. The molecule has 5 nitrogen and oxygen atoms in total. The van der Waals surface area contributed by atoms with Crippen LogP contribution < -0.4 is 10.9 Å². The van der Waals surface area contributed by atoms with E-state index in [4.69, 9.17) is 10.9 Å². The van der Waals surface area contributed by atoms with Crippen molar-refractivity contribution in [3.05, 3.63) is 0 Å². The number of hydrogen-bond acceptors (Lipinski definition) is 4. The highest BCUT2D eigenvalue weighted by atomic mass is 32.2. The fourth-order valence-corrected chi connectivity index (χ4v) is 2.92. The molecular formula is C9H21N3O2S. The van der Waals surface area contributed by atoms with Crippen molar-refractivity contribution in [2.75, 3.05) is 19.6 Å². The molecule has 0 saturated carbocycles. The van der Waals surface area contributed by atoms with Crippen molar-refractivity contribution in [2.45, 2.75) is 37.5 Å². The third kappa shape index (κ3) is 4.46. The van der Waals surface area contributed by atoms with Crippen LogP contribution in [0.5, 0.6) is 0 Å². The number of nitrogens with zero attached hydrogens (tertiary/aromatic N) is 1. The maximum absolute atomic E-state index is 11.2. The molecule has 0 spiro atoms. The SMILES string of the molecule is CC(C)(N)CN1CCCC(S(N)(=O)=O)C1. The molecule has 0 aromatic rings. The summed E-state index contributed by atoms with van der Waals surface area (Å²) in [4.78, 5) is 2.08. The van der Waals surface area contributed by atoms with Crippen molar-refractivity contribution in [1.29, 1.82) is 0 Å². The molecule has 1 saturated heterocycles. The molecule has 0 bridgehead atoms. The highest BCUT2D eigenvalue weighted by Gasteiger charge is 2.29. The highest BCUT2D eigenvalue weighted by molar-refractivity contribution is 7.89. The molecule has 0 aliphatic carbocycles. The lowest BCUT2D eigenvalue weighted by molar-refractivity contribution is 0.193. The summed E-state index contributed by atoms with van der Waals surface area (Å²) in [5, 5.41) is 4.73. The average Bonchev–Trinajstić information content (AvgIpc) is 1.99. The van der Waals surface area contributed by atoms with E-state index in [9.17, 15) is 8.42 Å². The third-order valence-electron chi connectivity index (χ3n) is 2.56. The monoisotopic (exact) mass is 235 g/mol. The molecule has 1 unspecified atom stereocenters. The van der Waals surface area contributed by atoms with Crippen LogP contribution in [0.4, 0.5) is 0 Å². The number of primary sulfonamides is 1.